The Hall–Kier alpha value is -5.60. The summed E-state index contributed by atoms with van der Waals surface area (Å²) < 4.78 is 6.54. The minimum absolute atomic E-state index is 0.180. The number of para-hydroxylation sites is 1. The molecule has 0 N–H and O–H groups in total. The summed E-state index contributed by atoms with van der Waals surface area (Å²) in [5.41, 5.74) is 12.7. The average Bonchev–Trinajstić information content (AvgIpc) is 3.58. The van der Waals surface area contributed by atoms with Gasteiger partial charge in [-0.05, 0) is 81.1 Å². The molecule has 7 aromatic carbocycles. The fraction of sp³-hybridized carbons (Fsp3) is 0.0698. The lowest BCUT2D eigenvalue weighted by molar-refractivity contribution is 0.653. The highest BCUT2D eigenvalue weighted by Gasteiger charge is 2.38. The largest absolute Gasteiger partial charge is 0.455 e. The summed E-state index contributed by atoms with van der Waals surface area (Å²) in [6.45, 7) is 4.68. The molecule has 0 saturated carbocycles. The van der Waals surface area contributed by atoms with E-state index in [1.807, 2.05) is 6.07 Å². The van der Waals surface area contributed by atoms with Gasteiger partial charge in [-0.15, -0.1) is 0 Å². The number of furan rings is 1. The van der Waals surface area contributed by atoms with Crippen LogP contribution in [0.2, 0.25) is 0 Å². The molecule has 1 aromatic heterocycles. The molecule has 0 saturated heterocycles. The Morgan fingerprint density at radius 1 is 0.489 bits per heavy atom. The minimum Gasteiger partial charge on any atom is -0.455 e. The van der Waals surface area contributed by atoms with Crippen LogP contribution in [0.25, 0.3) is 55.0 Å². The second-order valence-corrected chi connectivity index (χ2v) is 12.6. The van der Waals surface area contributed by atoms with Crippen molar-refractivity contribution in [2.45, 2.75) is 19.3 Å². The molecule has 0 amide bonds. The van der Waals surface area contributed by atoms with Crippen LogP contribution in [0.1, 0.15) is 25.0 Å². The van der Waals surface area contributed by atoms with Gasteiger partial charge in [0.25, 0.3) is 0 Å². The molecule has 0 spiro atoms. The summed E-state index contributed by atoms with van der Waals surface area (Å²) in [7, 11) is 0. The predicted octanol–water partition coefficient (Wildman–Crippen LogP) is 12.2. The van der Waals surface area contributed by atoms with E-state index in [0.717, 1.165) is 28.2 Å². The molecule has 1 heterocycles. The number of hydrogen-bond donors (Lipinski definition) is 0. The van der Waals surface area contributed by atoms with Crippen molar-refractivity contribution in [2.75, 3.05) is 4.90 Å². The lowest BCUT2D eigenvalue weighted by atomic mass is 9.82. The average molecular weight is 578 g/mol. The van der Waals surface area contributed by atoms with E-state index in [-0.39, 0.29) is 5.41 Å². The summed E-state index contributed by atoms with van der Waals surface area (Å²) in [5, 5.41) is 4.80. The van der Waals surface area contributed by atoms with Crippen LogP contribution in [0.3, 0.4) is 0 Å². The smallest absolute Gasteiger partial charge is 0.143 e. The van der Waals surface area contributed by atoms with E-state index in [9.17, 15) is 0 Å². The summed E-state index contributed by atoms with van der Waals surface area (Å²) in [6.07, 6.45) is 0. The van der Waals surface area contributed by atoms with Gasteiger partial charge in [-0.25, -0.2) is 0 Å². The normalized spacial score (nSPS) is 13.3. The molecular formula is C43H31NO. The third-order valence-electron chi connectivity index (χ3n) is 9.65. The second kappa shape index (κ2) is 9.70. The lowest BCUT2D eigenvalue weighted by Crippen LogP contribution is -2.16. The molecule has 214 valence electrons. The van der Waals surface area contributed by atoms with Crippen molar-refractivity contribution >= 4 is 49.8 Å². The van der Waals surface area contributed by atoms with Crippen molar-refractivity contribution in [1.82, 2.24) is 0 Å². The van der Waals surface area contributed by atoms with Crippen molar-refractivity contribution in [3.8, 4) is 22.3 Å². The van der Waals surface area contributed by atoms with Crippen molar-refractivity contribution in [2.24, 2.45) is 0 Å². The number of rotatable bonds is 4. The van der Waals surface area contributed by atoms with E-state index in [1.54, 1.807) is 0 Å². The van der Waals surface area contributed by atoms with Gasteiger partial charge < -0.3 is 9.32 Å². The monoisotopic (exact) mass is 577 g/mol. The lowest BCUT2D eigenvalue weighted by Gasteiger charge is -2.28. The molecule has 0 bridgehead atoms. The Kier molecular flexibility index (Phi) is 5.58. The summed E-state index contributed by atoms with van der Waals surface area (Å²) >= 11 is 0. The first-order chi connectivity index (χ1) is 22.1. The number of anilines is 3. The first-order valence-corrected chi connectivity index (χ1v) is 15.6. The van der Waals surface area contributed by atoms with Crippen LogP contribution in [0.5, 0.6) is 0 Å². The molecule has 2 nitrogen and oxygen atoms in total. The zero-order chi connectivity index (χ0) is 30.1. The standard InChI is InChI=1S/C43H31NO/c1-43(2)38-25-24-36-35-14-8-9-15-40(35)45-42(36)41(38)37-23-22-34(27-39(37)43)44(33-21-18-29-12-6-7-13-31(29)26-33)32-19-16-30(17-20-32)28-10-4-3-5-11-28/h3-27H,1-2H3. The van der Waals surface area contributed by atoms with Gasteiger partial charge in [0.2, 0.25) is 0 Å². The van der Waals surface area contributed by atoms with Gasteiger partial charge >= 0.3 is 0 Å². The third kappa shape index (κ3) is 3.96. The molecule has 0 aliphatic heterocycles. The Bertz CT molecular complexity index is 2400. The van der Waals surface area contributed by atoms with E-state index in [0.29, 0.717) is 0 Å². The quantitative estimate of drug-likeness (QED) is 0.207. The van der Waals surface area contributed by atoms with Gasteiger partial charge in [0.1, 0.15) is 11.2 Å². The maximum Gasteiger partial charge on any atom is 0.143 e. The van der Waals surface area contributed by atoms with E-state index >= 15 is 0 Å². The number of nitrogens with zero attached hydrogens (tertiary/aromatic N) is 1. The van der Waals surface area contributed by atoms with Crippen LogP contribution >= 0.6 is 0 Å². The highest BCUT2D eigenvalue weighted by molar-refractivity contribution is 6.12. The molecule has 0 unspecified atom stereocenters. The van der Waals surface area contributed by atoms with Crippen molar-refractivity contribution in [3.05, 3.63) is 163 Å². The molecule has 1 aliphatic carbocycles. The SMILES string of the molecule is CC1(C)c2cc(N(c3ccc(-c4ccccc4)cc3)c3ccc4ccccc4c3)ccc2-c2c1ccc1c2oc2ccccc21. The zero-order valence-electron chi connectivity index (χ0n) is 25.3. The molecule has 1 aliphatic rings. The molecule has 0 atom stereocenters. The molecule has 2 heteroatoms. The van der Waals surface area contributed by atoms with Crippen LogP contribution in [0, 0.1) is 0 Å². The van der Waals surface area contributed by atoms with Gasteiger partial charge in [-0.3, -0.25) is 0 Å². The fourth-order valence-electron chi connectivity index (χ4n) is 7.33. The third-order valence-corrected chi connectivity index (χ3v) is 9.65. The Morgan fingerprint density at radius 3 is 2.00 bits per heavy atom. The molecular weight excluding hydrogens is 546 g/mol. The Balaban J connectivity index is 1.23. The van der Waals surface area contributed by atoms with E-state index in [1.165, 1.54) is 54.9 Å². The molecule has 0 radical (unpaired) electrons. The van der Waals surface area contributed by atoms with Crippen LogP contribution in [-0.2, 0) is 5.41 Å². The summed E-state index contributed by atoms with van der Waals surface area (Å²) in [4.78, 5) is 2.39. The topological polar surface area (TPSA) is 16.4 Å². The van der Waals surface area contributed by atoms with Gasteiger partial charge in [0.15, 0.2) is 0 Å². The highest BCUT2D eigenvalue weighted by Crippen LogP contribution is 2.54. The molecule has 0 fully saturated rings. The highest BCUT2D eigenvalue weighted by atomic mass is 16.3. The maximum atomic E-state index is 6.54. The van der Waals surface area contributed by atoms with Gasteiger partial charge in [-0.1, -0.05) is 123 Å². The van der Waals surface area contributed by atoms with Crippen LogP contribution in [-0.4, -0.2) is 0 Å². The minimum atomic E-state index is -0.180. The van der Waals surface area contributed by atoms with Crippen LogP contribution in [0.15, 0.2) is 156 Å². The fourth-order valence-corrected chi connectivity index (χ4v) is 7.33. The van der Waals surface area contributed by atoms with Gasteiger partial charge in [0.05, 0.1) is 0 Å². The first kappa shape index (κ1) is 25.9. The van der Waals surface area contributed by atoms with E-state index in [4.69, 9.17) is 4.42 Å². The predicted molar refractivity (Wildman–Crippen MR) is 189 cm³/mol. The van der Waals surface area contributed by atoms with Crippen molar-refractivity contribution in [1.29, 1.82) is 0 Å². The molecule has 9 rings (SSSR count). The van der Waals surface area contributed by atoms with E-state index in [2.05, 4.69) is 164 Å². The Labute approximate surface area is 262 Å². The van der Waals surface area contributed by atoms with Crippen molar-refractivity contribution in [3.63, 3.8) is 0 Å². The number of fused-ring (bicyclic) bond motifs is 8. The Morgan fingerprint density at radius 2 is 1.16 bits per heavy atom. The van der Waals surface area contributed by atoms with E-state index < -0.39 is 0 Å². The van der Waals surface area contributed by atoms with Gasteiger partial charge in [-0.2, -0.15) is 0 Å². The summed E-state index contributed by atoms with van der Waals surface area (Å²) in [6, 6.07) is 54.7. The first-order valence-electron chi connectivity index (χ1n) is 15.6. The molecule has 45 heavy (non-hydrogen) atoms. The van der Waals surface area contributed by atoms with Crippen LogP contribution < -0.4 is 4.90 Å². The van der Waals surface area contributed by atoms with Gasteiger partial charge in [0, 0.05) is 38.8 Å². The number of hydrogen-bond acceptors (Lipinski definition) is 2. The van der Waals surface area contributed by atoms with Crippen molar-refractivity contribution < 1.29 is 4.42 Å². The maximum absolute atomic E-state index is 6.54. The summed E-state index contributed by atoms with van der Waals surface area (Å²) in [5.74, 6) is 0. The second-order valence-electron chi connectivity index (χ2n) is 12.6. The zero-order valence-corrected chi connectivity index (χ0v) is 25.3. The molecule has 8 aromatic rings. The van der Waals surface area contributed by atoms with Crippen LogP contribution in [0.4, 0.5) is 17.1 Å². The number of benzene rings is 7.